The Bertz CT molecular complexity index is 752. The van der Waals surface area contributed by atoms with Crippen molar-refractivity contribution >= 4 is 27.5 Å². The van der Waals surface area contributed by atoms with E-state index in [0.29, 0.717) is 17.6 Å². The van der Waals surface area contributed by atoms with Gasteiger partial charge < -0.3 is 10.1 Å². The molecule has 0 fully saturated rings. The van der Waals surface area contributed by atoms with Gasteiger partial charge in [0.1, 0.15) is 10.6 Å². The summed E-state index contributed by atoms with van der Waals surface area (Å²) in [6.07, 6.45) is 1.70. The Morgan fingerprint density at radius 3 is 2.75 bits per heavy atom. The third-order valence-electron chi connectivity index (χ3n) is 2.80. The summed E-state index contributed by atoms with van der Waals surface area (Å²) in [5.41, 5.74) is 0.951. The third kappa shape index (κ3) is 2.42. The van der Waals surface area contributed by atoms with Crippen LogP contribution >= 0.6 is 11.3 Å². The number of aromatic nitrogens is 3. The van der Waals surface area contributed by atoms with E-state index in [1.807, 2.05) is 32.0 Å². The first-order valence-electron chi connectivity index (χ1n) is 6.22. The van der Waals surface area contributed by atoms with E-state index in [1.165, 1.54) is 4.88 Å². The van der Waals surface area contributed by atoms with Crippen LogP contribution in [-0.4, -0.2) is 22.0 Å². The van der Waals surface area contributed by atoms with Gasteiger partial charge >= 0.3 is 0 Å². The van der Waals surface area contributed by atoms with E-state index in [9.17, 15) is 0 Å². The normalized spacial score (nSPS) is 10.8. The average molecular weight is 286 g/mol. The first kappa shape index (κ1) is 12.8. The molecule has 0 aromatic carbocycles. The first-order valence-corrected chi connectivity index (χ1v) is 7.04. The van der Waals surface area contributed by atoms with Crippen LogP contribution < -0.4 is 10.1 Å². The number of hydrogen-bond acceptors (Lipinski definition) is 6. The molecule has 0 amide bonds. The number of fused-ring (bicyclic) bond motifs is 1. The van der Waals surface area contributed by atoms with E-state index in [-0.39, 0.29) is 0 Å². The van der Waals surface area contributed by atoms with Crippen LogP contribution in [0, 0.1) is 13.8 Å². The minimum Gasteiger partial charge on any atom is -0.437 e. The van der Waals surface area contributed by atoms with Gasteiger partial charge in [0.15, 0.2) is 0 Å². The summed E-state index contributed by atoms with van der Waals surface area (Å²) in [4.78, 5) is 15.1. The molecule has 0 unspecified atom stereocenters. The highest BCUT2D eigenvalue weighted by Gasteiger charge is 2.12. The smallest absolute Gasteiger partial charge is 0.232 e. The first-order chi connectivity index (χ1) is 9.65. The van der Waals surface area contributed by atoms with Crippen molar-refractivity contribution in [2.75, 3.05) is 12.4 Å². The maximum atomic E-state index is 5.86. The molecule has 3 aromatic rings. The second-order valence-electron chi connectivity index (χ2n) is 4.42. The van der Waals surface area contributed by atoms with E-state index in [2.05, 4.69) is 20.3 Å². The monoisotopic (exact) mass is 286 g/mol. The summed E-state index contributed by atoms with van der Waals surface area (Å²) in [5.74, 6) is 1.77. The minimum absolute atomic E-state index is 0.550. The van der Waals surface area contributed by atoms with E-state index in [0.717, 1.165) is 15.9 Å². The molecule has 5 nitrogen and oxygen atoms in total. The van der Waals surface area contributed by atoms with Gasteiger partial charge in [-0.25, -0.2) is 4.98 Å². The Labute approximate surface area is 120 Å². The molecule has 3 rings (SSSR count). The van der Waals surface area contributed by atoms with Gasteiger partial charge in [-0.1, -0.05) is 0 Å². The predicted molar refractivity (Wildman–Crippen MR) is 80.7 cm³/mol. The lowest BCUT2D eigenvalue weighted by Gasteiger charge is -2.07. The fourth-order valence-electron chi connectivity index (χ4n) is 1.83. The van der Waals surface area contributed by atoms with Crippen molar-refractivity contribution in [1.82, 2.24) is 15.0 Å². The Hall–Kier alpha value is -2.21. The summed E-state index contributed by atoms with van der Waals surface area (Å²) in [6, 6.07) is 5.83. The fourth-order valence-corrected chi connectivity index (χ4v) is 2.70. The van der Waals surface area contributed by atoms with Crippen molar-refractivity contribution in [3.8, 4) is 11.6 Å². The summed E-state index contributed by atoms with van der Waals surface area (Å²) in [7, 11) is 1.79. The summed E-state index contributed by atoms with van der Waals surface area (Å²) in [6.45, 7) is 3.98. The second kappa shape index (κ2) is 5.05. The number of pyridine rings is 1. The van der Waals surface area contributed by atoms with Gasteiger partial charge in [-0.2, -0.15) is 4.98 Å². The molecule has 0 spiro atoms. The summed E-state index contributed by atoms with van der Waals surface area (Å²) < 4.78 is 5.86. The van der Waals surface area contributed by atoms with Gasteiger partial charge in [0.2, 0.25) is 11.8 Å². The highest BCUT2D eigenvalue weighted by molar-refractivity contribution is 7.18. The Morgan fingerprint density at radius 2 is 2.05 bits per heavy atom. The molecule has 0 aliphatic heterocycles. The van der Waals surface area contributed by atoms with E-state index >= 15 is 0 Å². The lowest BCUT2D eigenvalue weighted by molar-refractivity contribution is 0.466. The molecule has 1 N–H and O–H groups in total. The summed E-state index contributed by atoms with van der Waals surface area (Å²) >= 11 is 1.62. The molecule has 0 aliphatic rings. The van der Waals surface area contributed by atoms with Crippen LogP contribution in [0.1, 0.15) is 10.6 Å². The second-order valence-corrected chi connectivity index (χ2v) is 5.65. The van der Waals surface area contributed by atoms with Crippen LogP contribution in [0.2, 0.25) is 0 Å². The molecule has 3 heterocycles. The number of nitrogens with one attached hydrogen (secondary N) is 1. The third-order valence-corrected chi connectivity index (χ3v) is 3.75. The molecule has 0 aliphatic carbocycles. The van der Waals surface area contributed by atoms with Gasteiger partial charge in [0, 0.05) is 17.6 Å². The zero-order valence-electron chi connectivity index (χ0n) is 11.5. The molecular weight excluding hydrogens is 272 g/mol. The molecule has 0 atom stereocenters. The topological polar surface area (TPSA) is 59.9 Å². The van der Waals surface area contributed by atoms with Crippen molar-refractivity contribution < 1.29 is 4.74 Å². The van der Waals surface area contributed by atoms with Crippen LogP contribution in [-0.2, 0) is 0 Å². The van der Waals surface area contributed by atoms with Crippen LogP contribution in [0.5, 0.6) is 11.6 Å². The number of aryl methyl sites for hydroxylation is 2. The Kier molecular flexibility index (Phi) is 3.23. The maximum Gasteiger partial charge on any atom is 0.232 e. The van der Waals surface area contributed by atoms with E-state index in [1.54, 1.807) is 24.6 Å². The van der Waals surface area contributed by atoms with Crippen molar-refractivity contribution in [3.63, 3.8) is 0 Å². The highest BCUT2D eigenvalue weighted by Crippen LogP contribution is 2.33. The maximum absolute atomic E-state index is 5.86. The van der Waals surface area contributed by atoms with Crippen molar-refractivity contribution in [2.24, 2.45) is 0 Å². The number of nitrogens with zero attached hydrogens (tertiary/aromatic N) is 3. The van der Waals surface area contributed by atoms with Crippen LogP contribution in [0.3, 0.4) is 0 Å². The Balaban J connectivity index is 2.06. The number of anilines is 1. The zero-order chi connectivity index (χ0) is 14.1. The van der Waals surface area contributed by atoms with Crippen molar-refractivity contribution in [1.29, 1.82) is 0 Å². The van der Waals surface area contributed by atoms with Gasteiger partial charge in [-0.15, -0.1) is 11.3 Å². The predicted octanol–water partition coefficient (Wildman–Crippen LogP) is 3.54. The molecule has 20 heavy (non-hydrogen) atoms. The van der Waals surface area contributed by atoms with Gasteiger partial charge in [0.25, 0.3) is 0 Å². The largest absolute Gasteiger partial charge is 0.437 e. The minimum atomic E-state index is 0.550. The zero-order valence-corrected chi connectivity index (χ0v) is 12.3. The number of ether oxygens (including phenoxy) is 1. The van der Waals surface area contributed by atoms with Crippen molar-refractivity contribution in [3.05, 3.63) is 35.0 Å². The lowest BCUT2D eigenvalue weighted by atomic mass is 10.3. The average Bonchev–Trinajstić information content (AvgIpc) is 2.81. The Morgan fingerprint density at radius 1 is 1.20 bits per heavy atom. The van der Waals surface area contributed by atoms with Crippen molar-refractivity contribution in [2.45, 2.75) is 13.8 Å². The number of thiophene rings is 1. The molecule has 0 saturated heterocycles. The SMILES string of the molecule is CNc1nc(Oc2ccc(C)nc2)c2cc(C)sc2n1. The van der Waals surface area contributed by atoms with E-state index < -0.39 is 0 Å². The van der Waals surface area contributed by atoms with Crippen LogP contribution in [0.25, 0.3) is 10.2 Å². The van der Waals surface area contributed by atoms with Gasteiger partial charge in [0.05, 0.1) is 11.6 Å². The molecular formula is C14H14N4OS. The molecule has 6 heteroatoms. The molecule has 0 saturated carbocycles. The van der Waals surface area contributed by atoms with Gasteiger partial charge in [-0.05, 0) is 32.0 Å². The molecule has 0 bridgehead atoms. The van der Waals surface area contributed by atoms with Crippen LogP contribution in [0.15, 0.2) is 24.4 Å². The number of rotatable bonds is 3. The molecule has 102 valence electrons. The number of hydrogen-bond donors (Lipinski definition) is 1. The fraction of sp³-hybridized carbons (Fsp3) is 0.214. The highest BCUT2D eigenvalue weighted by atomic mass is 32.1. The van der Waals surface area contributed by atoms with E-state index in [4.69, 9.17) is 4.74 Å². The molecule has 0 radical (unpaired) electrons. The molecule has 3 aromatic heterocycles. The quantitative estimate of drug-likeness (QED) is 0.798. The summed E-state index contributed by atoms with van der Waals surface area (Å²) in [5, 5.41) is 3.88. The standard InChI is InChI=1S/C14H14N4OS/c1-8-4-5-10(7-16-8)19-12-11-6-9(2)20-13(11)18-14(15-3)17-12/h4-7H,1-3H3,(H,15,17,18). The lowest BCUT2D eigenvalue weighted by Crippen LogP contribution is -1.98. The van der Waals surface area contributed by atoms with Gasteiger partial charge in [-0.3, -0.25) is 4.98 Å². The van der Waals surface area contributed by atoms with Crippen LogP contribution in [0.4, 0.5) is 5.95 Å².